The Morgan fingerprint density at radius 2 is 2.18 bits per heavy atom. The third kappa shape index (κ3) is 5.18. The summed E-state index contributed by atoms with van der Waals surface area (Å²) in [6, 6.07) is 0. The summed E-state index contributed by atoms with van der Waals surface area (Å²) in [7, 11) is 0. The first-order valence-corrected chi connectivity index (χ1v) is 4.33. The largest absolute Gasteiger partial charge is 0.395 e. The van der Waals surface area contributed by atoms with Gasteiger partial charge in [-0.3, -0.25) is 0 Å². The zero-order chi connectivity index (χ0) is 7.94. The normalized spacial score (nSPS) is 17.2. The Labute approximate surface area is 67.7 Å². The maximum Gasteiger partial charge on any atom is 0.0591 e. The van der Waals surface area contributed by atoms with Crippen molar-refractivity contribution in [2.45, 2.75) is 12.8 Å². The molecule has 0 atom stereocenters. The van der Waals surface area contributed by atoms with Crippen molar-refractivity contribution in [3.63, 3.8) is 0 Å². The van der Waals surface area contributed by atoms with Gasteiger partial charge in [0.2, 0.25) is 0 Å². The molecule has 1 aliphatic carbocycles. The van der Waals surface area contributed by atoms with Crippen LogP contribution in [0.15, 0.2) is 0 Å². The molecule has 3 heteroatoms. The fourth-order valence-corrected chi connectivity index (χ4v) is 0.883. The molecule has 1 rings (SSSR count). The summed E-state index contributed by atoms with van der Waals surface area (Å²) < 4.78 is 5.36. The summed E-state index contributed by atoms with van der Waals surface area (Å²) in [6.07, 6.45) is 2.70. The van der Waals surface area contributed by atoms with Crippen LogP contribution >= 0.6 is 0 Å². The SMILES string of the molecule is OCCNCCOCC1CC1. The highest BCUT2D eigenvalue weighted by Crippen LogP contribution is 2.28. The lowest BCUT2D eigenvalue weighted by molar-refractivity contribution is 0.125. The van der Waals surface area contributed by atoms with E-state index in [4.69, 9.17) is 9.84 Å². The van der Waals surface area contributed by atoms with E-state index in [9.17, 15) is 0 Å². The lowest BCUT2D eigenvalue weighted by Gasteiger charge is -2.03. The molecule has 0 aromatic heterocycles. The lowest BCUT2D eigenvalue weighted by Crippen LogP contribution is -2.23. The van der Waals surface area contributed by atoms with Crippen molar-refractivity contribution in [3.05, 3.63) is 0 Å². The Morgan fingerprint density at radius 3 is 2.82 bits per heavy atom. The lowest BCUT2D eigenvalue weighted by atomic mass is 10.5. The Kier molecular flexibility index (Phi) is 4.50. The molecule has 1 aliphatic rings. The molecule has 11 heavy (non-hydrogen) atoms. The van der Waals surface area contributed by atoms with Crippen LogP contribution in [0.25, 0.3) is 0 Å². The quantitative estimate of drug-likeness (QED) is 0.514. The third-order valence-corrected chi connectivity index (χ3v) is 1.76. The molecule has 66 valence electrons. The molecule has 0 spiro atoms. The summed E-state index contributed by atoms with van der Waals surface area (Å²) in [5.41, 5.74) is 0. The van der Waals surface area contributed by atoms with Gasteiger partial charge in [0.15, 0.2) is 0 Å². The zero-order valence-electron chi connectivity index (χ0n) is 6.88. The average molecular weight is 159 g/mol. The van der Waals surface area contributed by atoms with Gasteiger partial charge in [-0.2, -0.15) is 0 Å². The molecule has 0 amide bonds. The molecule has 1 fully saturated rings. The second-order valence-electron chi connectivity index (χ2n) is 2.99. The minimum atomic E-state index is 0.211. The zero-order valence-corrected chi connectivity index (χ0v) is 6.88. The summed E-state index contributed by atoms with van der Waals surface area (Å²) >= 11 is 0. The topological polar surface area (TPSA) is 41.5 Å². The highest BCUT2D eigenvalue weighted by Gasteiger charge is 2.20. The molecular formula is C8H17NO2. The molecular weight excluding hydrogens is 142 g/mol. The smallest absolute Gasteiger partial charge is 0.0591 e. The van der Waals surface area contributed by atoms with Crippen LogP contribution in [-0.2, 0) is 4.74 Å². The van der Waals surface area contributed by atoms with Crippen LogP contribution in [0.1, 0.15) is 12.8 Å². The van der Waals surface area contributed by atoms with Crippen molar-refractivity contribution in [2.24, 2.45) is 5.92 Å². The number of rotatable bonds is 7. The van der Waals surface area contributed by atoms with Crippen LogP contribution in [0.3, 0.4) is 0 Å². The summed E-state index contributed by atoms with van der Waals surface area (Å²) in [5, 5.41) is 11.5. The average Bonchev–Trinajstić information content (AvgIpc) is 2.80. The molecule has 3 nitrogen and oxygen atoms in total. The van der Waals surface area contributed by atoms with Crippen molar-refractivity contribution in [2.75, 3.05) is 32.9 Å². The van der Waals surface area contributed by atoms with Gasteiger partial charge in [-0.15, -0.1) is 0 Å². The number of nitrogens with one attached hydrogen (secondary N) is 1. The van der Waals surface area contributed by atoms with Gasteiger partial charge in [0.1, 0.15) is 0 Å². The van der Waals surface area contributed by atoms with Gasteiger partial charge in [-0.1, -0.05) is 0 Å². The number of hydrogen-bond acceptors (Lipinski definition) is 3. The van der Waals surface area contributed by atoms with Crippen LogP contribution < -0.4 is 5.32 Å². The van der Waals surface area contributed by atoms with Gasteiger partial charge in [0.25, 0.3) is 0 Å². The fourth-order valence-electron chi connectivity index (χ4n) is 0.883. The van der Waals surface area contributed by atoms with Crippen molar-refractivity contribution < 1.29 is 9.84 Å². The van der Waals surface area contributed by atoms with Crippen molar-refractivity contribution in [1.82, 2.24) is 5.32 Å². The molecule has 0 radical (unpaired) electrons. The minimum Gasteiger partial charge on any atom is -0.395 e. The predicted octanol–water partition coefficient (Wildman–Crippen LogP) is -0.00510. The summed E-state index contributed by atoms with van der Waals surface area (Å²) in [6.45, 7) is 3.44. The summed E-state index contributed by atoms with van der Waals surface area (Å²) in [4.78, 5) is 0. The maximum absolute atomic E-state index is 8.42. The molecule has 0 saturated heterocycles. The minimum absolute atomic E-state index is 0.211. The molecule has 2 N–H and O–H groups in total. The fraction of sp³-hybridized carbons (Fsp3) is 1.00. The summed E-state index contributed by atoms with van der Waals surface area (Å²) in [5.74, 6) is 0.854. The van der Waals surface area contributed by atoms with E-state index >= 15 is 0 Å². The first kappa shape index (κ1) is 8.97. The van der Waals surface area contributed by atoms with Crippen molar-refractivity contribution in [1.29, 1.82) is 0 Å². The van der Waals surface area contributed by atoms with E-state index in [0.29, 0.717) is 6.54 Å². The van der Waals surface area contributed by atoms with E-state index in [2.05, 4.69) is 5.32 Å². The van der Waals surface area contributed by atoms with Gasteiger partial charge < -0.3 is 15.2 Å². The third-order valence-electron chi connectivity index (χ3n) is 1.76. The van der Waals surface area contributed by atoms with Gasteiger partial charge in [-0.05, 0) is 18.8 Å². The van der Waals surface area contributed by atoms with E-state index in [1.165, 1.54) is 12.8 Å². The Morgan fingerprint density at radius 1 is 1.36 bits per heavy atom. The predicted molar refractivity (Wildman–Crippen MR) is 43.5 cm³/mol. The highest BCUT2D eigenvalue weighted by atomic mass is 16.5. The van der Waals surface area contributed by atoms with Crippen LogP contribution in [0.5, 0.6) is 0 Å². The first-order chi connectivity index (χ1) is 5.43. The molecule has 0 aromatic rings. The highest BCUT2D eigenvalue weighted by molar-refractivity contribution is 4.71. The van der Waals surface area contributed by atoms with E-state index in [1.807, 2.05) is 0 Å². The Hall–Kier alpha value is -0.120. The van der Waals surface area contributed by atoms with Gasteiger partial charge in [0, 0.05) is 19.7 Å². The standard InChI is InChI=1S/C8H17NO2/c10-5-3-9-4-6-11-7-8-1-2-8/h8-10H,1-7H2. The van der Waals surface area contributed by atoms with E-state index in [-0.39, 0.29) is 6.61 Å². The number of hydrogen-bond donors (Lipinski definition) is 2. The molecule has 0 heterocycles. The second-order valence-corrected chi connectivity index (χ2v) is 2.99. The van der Waals surface area contributed by atoms with Crippen molar-refractivity contribution in [3.8, 4) is 0 Å². The van der Waals surface area contributed by atoms with Gasteiger partial charge >= 0.3 is 0 Å². The van der Waals surface area contributed by atoms with Crippen LogP contribution in [0.2, 0.25) is 0 Å². The molecule has 0 aliphatic heterocycles. The number of aliphatic hydroxyl groups is 1. The maximum atomic E-state index is 8.42. The van der Waals surface area contributed by atoms with E-state index in [1.54, 1.807) is 0 Å². The molecule has 1 saturated carbocycles. The van der Waals surface area contributed by atoms with Crippen molar-refractivity contribution >= 4 is 0 Å². The number of aliphatic hydroxyl groups excluding tert-OH is 1. The Balaban J connectivity index is 1.66. The van der Waals surface area contributed by atoms with Crippen LogP contribution in [0.4, 0.5) is 0 Å². The van der Waals surface area contributed by atoms with Crippen LogP contribution in [0, 0.1) is 5.92 Å². The monoisotopic (exact) mass is 159 g/mol. The second kappa shape index (κ2) is 5.52. The van der Waals surface area contributed by atoms with Crippen LogP contribution in [-0.4, -0.2) is 38.0 Å². The van der Waals surface area contributed by atoms with Gasteiger partial charge in [0.05, 0.1) is 13.2 Å². The molecule has 0 unspecified atom stereocenters. The number of ether oxygens (including phenoxy) is 1. The Bertz CT molecular complexity index is 94.1. The first-order valence-electron chi connectivity index (χ1n) is 4.33. The van der Waals surface area contributed by atoms with E-state index in [0.717, 1.165) is 25.7 Å². The van der Waals surface area contributed by atoms with E-state index < -0.39 is 0 Å². The van der Waals surface area contributed by atoms with Gasteiger partial charge in [-0.25, -0.2) is 0 Å². The molecule has 0 bridgehead atoms. The molecule has 0 aromatic carbocycles.